The van der Waals surface area contributed by atoms with Crippen LogP contribution >= 0.6 is 0 Å². The SMILES string of the molecule is CCC(C)OCCOCCC(=O)Oc1ccccc1.CCC(C)OCCOCCCC(=O)Oc1ccccc1. The van der Waals surface area contributed by atoms with E-state index in [0.717, 1.165) is 12.8 Å². The lowest BCUT2D eigenvalue weighted by Crippen LogP contribution is -2.15. The van der Waals surface area contributed by atoms with Gasteiger partial charge in [-0.15, -0.1) is 0 Å². The molecule has 0 radical (unpaired) electrons. The summed E-state index contributed by atoms with van der Waals surface area (Å²) >= 11 is 0. The number of hydrogen-bond acceptors (Lipinski definition) is 8. The van der Waals surface area contributed by atoms with E-state index in [4.69, 9.17) is 28.4 Å². The Hall–Kier alpha value is -2.78. The molecule has 8 heteroatoms. The quantitative estimate of drug-likeness (QED) is 0.120. The van der Waals surface area contributed by atoms with Crippen LogP contribution in [-0.4, -0.2) is 63.8 Å². The molecule has 0 bridgehead atoms. The second-order valence-electron chi connectivity index (χ2n) is 8.83. The largest absolute Gasteiger partial charge is 0.427 e. The Morgan fingerprint density at radius 3 is 1.49 bits per heavy atom. The van der Waals surface area contributed by atoms with Gasteiger partial charge >= 0.3 is 11.9 Å². The Labute approximate surface area is 233 Å². The zero-order chi connectivity index (χ0) is 28.6. The first kappa shape index (κ1) is 34.2. The molecule has 0 aliphatic heterocycles. The van der Waals surface area contributed by atoms with Gasteiger partial charge in [-0.2, -0.15) is 0 Å². The molecule has 0 spiro atoms. The van der Waals surface area contributed by atoms with Crippen LogP contribution in [-0.2, 0) is 28.5 Å². The summed E-state index contributed by atoms with van der Waals surface area (Å²) in [6.45, 7) is 11.4. The maximum Gasteiger partial charge on any atom is 0.313 e. The molecular formula is C31H46O8. The molecule has 0 aliphatic carbocycles. The summed E-state index contributed by atoms with van der Waals surface area (Å²) in [5.74, 6) is 0.637. The minimum absolute atomic E-state index is 0.226. The van der Waals surface area contributed by atoms with Crippen molar-refractivity contribution in [3.8, 4) is 11.5 Å². The molecule has 2 rings (SSSR count). The highest BCUT2D eigenvalue weighted by atomic mass is 16.5. The number of hydrogen-bond donors (Lipinski definition) is 0. The van der Waals surface area contributed by atoms with E-state index >= 15 is 0 Å². The summed E-state index contributed by atoms with van der Waals surface area (Å²) in [7, 11) is 0. The van der Waals surface area contributed by atoms with Crippen molar-refractivity contribution in [2.45, 2.75) is 72.0 Å². The maximum absolute atomic E-state index is 11.5. The third-order valence-electron chi connectivity index (χ3n) is 5.48. The lowest BCUT2D eigenvalue weighted by molar-refractivity contribution is -0.136. The van der Waals surface area contributed by atoms with E-state index in [1.54, 1.807) is 24.3 Å². The van der Waals surface area contributed by atoms with Crippen LogP contribution in [0.25, 0.3) is 0 Å². The molecule has 218 valence electrons. The first-order valence-electron chi connectivity index (χ1n) is 13.8. The molecule has 0 saturated carbocycles. The molecule has 2 aromatic rings. The minimum atomic E-state index is -0.283. The monoisotopic (exact) mass is 546 g/mol. The molecule has 8 nitrogen and oxygen atoms in total. The summed E-state index contributed by atoms with van der Waals surface area (Å²) < 4.78 is 31.9. The second-order valence-corrected chi connectivity index (χ2v) is 8.83. The predicted octanol–water partition coefficient (Wildman–Crippen LogP) is 6.02. The lowest BCUT2D eigenvalue weighted by atomic mass is 10.3. The highest BCUT2D eigenvalue weighted by Crippen LogP contribution is 2.10. The van der Waals surface area contributed by atoms with Crippen LogP contribution in [0.2, 0.25) is 0 Å². The number of carbonyl (C=O) groups excluding carboxylic acids is 2. The summed E-state index contributed by atoms with van der Waals surface area (Å²) in [4.78, 5) is 23.0. The van der Waals surface area contributed by atoms with Crippen LogP contribution in [0.5, 0.6) is 11.5 Å². The van der Waals surface area contributed by atoms with Crippen molar-refractivity contribution in [2.75, 3.05) is 39.6 Å². The molecule has 0 heterocycles. The van der Waals surface area contributed by atoms with Gasteiger partial charge in [-0.3, -0.25) is 9.59 Å². The van der Waals surface area contributed by atoms with Gasteiger partial charge in [0.05, 0.1) is 51.7 Å². The molecular weight excluding hydrogens is 500 g/mol. The molecule has 0 fully saturated rings. The second kappa shape index (κ2) is 23.1. The molecule has 2 aromatic carbocycles. The number of ether oxygens (including phenoxy) is 6. The zero-order valence-corrected chi connectivity index (χ0v) is 24.0. The highest BCUT2D eigenvalue weighted by molar-refractivity contribution is 5.72. The van der Waals surface area contributed by atoms with Crippen molar-refractivity contribution in [1.82, 2.24) is 0 Å². The van der Waals surface area contributed by atoms with Crippen LogP contribution < -0.4 is 9.47 Å². The van der Waals surface area contributed by atoms with E-state index in [2.05, 4.69) is 13.8 Å². The Kier molecular flexibility index (Phi) is 20.3. The molecule has 2 atom stereocenters. The molecule has 2 unspecified atom stereocenters. The summed E-state index contributed by atoms with van der Waals surface area (Å²) in [6.07, 6.45) is 3.80. The fourth-order valence-corrected chi connectivity index (χ4v) is 2.87. The normalized spacial score (nSPS) is 12.1. The van der Waals surface area contributed by atoms with E-state index in [-0.39, 0.29) is 30.6 Å². The fraction of sp³-hybridized carbons (Fsp3) is 0.548. The molecule has 0 N–H and O–H groups in total. The van der Waals surface area contributed by atoms with Crippen molar-refractivity contribution >= 4 is 11.9 Å². The van der Waals surface area contributed by atoms with Gasteiger partial charge in [0.1, 0.15) is 11.5 Å². The zero-order valence-electron chi connectivity index (χ0n) is 24.0. The third kappa shape index (κ3) is 19.9. The Balaban J connectivity index is 0.000000391. The fourth-order valence-electron chi connectivity index (χ4n) is 2.87. The molecule has 0 aliphatic rings. The maximum atomic E-state index is 11.5. The standard InChI is InChI=1S/C16H24O4.C15H22O4/c1-3-14(2)19-13-12-18-11-7-10-16(17)20-15-8-5-4-6-9-15;1-3-13(2)18-12-11-17-10-9-15(16)19-14-7-5-4-6-8-14/h4-6,8-9,14H,3,7,10-13H2,1-2H3;4-8,13H,3,9-12H2,1-2H3. The van der Waals surface area contributed by atoms with Crippen molar-refractivity contribution in [3.05, 3.63) is 60.7 Å². The molecule has 0 saturated heterocycles. The van der Waals surface area contributed by atoms with Gasteiger partial charge in [0.15, 0.2) is 0 Å². The number of carbonyl (C=O) groups is 2. The van der Waals surface area contributed by atoms with Crippen LogP contribution in [0.15, 0.2) is 60.7 Å². The smallest absolute Gasteiger partial charge is 0.313 e. The topological polar surface area (TPSA) is 89.5 Å². The predicted molar refractivity (Wildman–Crippen MR) is 151 cm³/mol. The first-order chi connectivity index (χ1) is 18.9. The molecule has 39 heavy (non-hydrogen) atoms. The van der Waals surface area contributed by atoms with Gasteiger partial charge in [0.25, 0.3) is 0 Å². The van der Waals surface area contributed by atoms with E-state index < -0.39 is 0 Å². The van der Waals surface area contributed by atoms with Gasteiger partial charge < -0.3 is 28.4 Å². The summed E-state index contributed by atoms with van der Waals surface area (Å²) in [6, 6.07) is 18.1. The summed E-state index contributed by atoms with van der Waals surface area (Å²) in [5.41, 5.74) is 0. The molecule has 0 amide bonds. The van der Waals surface area contributed by atoms with Crippen molar-refractivity contribution in [2.24, 2.45) is 0 Å². The highest BCUT2D eigenvalue weighted by Gasteiger charge is 2.05. The van der Waals surface area contributed by atoms with E-state index in [9.17, 15) is 9.59 Å². The average Bonchev–Trinajstić information content (AvgIpc) is 2.95. The average molecular weight is 547 g/mol. The van der Waals surface area contributed by atoms with Gasteiger partial charge in [-0.25, -0.2) is 0 Å². The van der Waals surface area contributed by atoms with E-state index in [1.807, 2.05) is 50.2 Å². The number of para-hydroxylation sites is 2. The van der Waals surface area contributed by atoms with Crippen molar-refractivity contribution < 1.29 is 38.0 Å². The van der Waals surface area contributed by atoms with Gasteiger partial charge in [-0.05, 0) is 57.4 Å². The first-order valence-corrected chi connectivity index (χ1v) is 13.8. The Morgan fingerprint density at radius 2 is 1.03 bits per heavy atom. The summed E-state index contributed by atoms with van der Waals surface area (Å²) in [5, 5.41) is 0. The number of esters is 2. The van der Waals surface area contributed by atoms with E-state index in [1.165, 1.54) is 0 Å². The lowest BCUT2D eigenvalue weighted by Gasteiger charge is -2.10. The van der Waals surface area contributed by atoms with Gasteiger partial charge in [0, 0.05) is 13.0 Å². The third-order valence-corrected chi connectivity index (χ3v) is 5.48. The van der Waals surface area contributed by atoms with Crippen molar-refractivity contribution in [3.63, 3.8) is 0 Å². The van der Waals surface area contributed by atoms with Crippen LogP contribution in [0.4, 0.5) is 0 Å². The molecule has 0 aromatic heterocycles. The number of benzene rings is 2. The Morgan fingerprint density at radius 1 is 0.590 bits per heavy atom. The number of rotatable bonds is 19. The van der Waals surface area contributed by atoms with Gasteiger partial charge in [0.2, 0.25) is 0 Å². The van der Waals surface area contributed by atoms with Crippen LogP contribution in [0.1, 0.15) is 59.8 Å². The van der Waals surface area contributed by atoms with E-state index in [0.29, 0.717) is 64.0 Å². The minimum Gasteiger partial charge on any atom is -0.427 e. The van der Waals surface area contributed by atoms with Crippen LogP contribution in [0, 0.1) is 0 Å². The van der Waals surface area contributed by atoms with Gasteiger partial charge in [-0.1, -0.05) is 50.2 Å². The van der Waals surface area contributed by atoms with Crippen LogP contribution in [0.3, 0.4) is 0 Å². The van der Waals surface area contributed by atoms with Crippen molar-refractivity contribution in [1.29, 1.82) is 0 Å². The Bertz CT molecular complexity index is 859.